The van der Waals surface area contributed by atoms with Gasteiger partial charge in [0.15, 0.2) is 0 Å². The molecule has 0 radical (unpaired) electrons. The van der Waals surface area contributed by atoms with Gasteiger partial charge in [-0.1, -0.05) is 19.1 Å². The summed E-state index contributed by atoms with van der Waals surface area (Å²) in [4.78, 5) is 4.33. The van der Waals surface area contributed by atoms with Crippen LogP contribution in [0.3, 0.4) is 0 Å². The highest BCUT2D eigenvalue weighted by atomic mass is 19.3. The number of hydrogen-bond donors (Lipinski definition) is 0. The molecule has 3 heteroatoms. The van der Waals surface area contributed by atoms with E-state index in [0.29, 0.717) is 5.69 Å². The fourth-order valence-corrected chi connectivity index (χ4v) is 1.72. The van der Waals surface area contributed by atoms with Gasteiger partial charge < -0.3 is 0 Å². The number of hydrogen-bond acceptors (Lipinski definition) is 1. The van der Waals surface area contributed by atoms with E-state index in [1.54, 1.807) is 6.07 Å². The molecule has 15 heavy (non-hydrogen) atoms. The maximum absolute atomic E-state index is 13.1. The van der Waals surface area contributed by atoms with E-state index in [1.165, 1.54) is 12.1 Å². The van der Waals surface area contributed by atoms with Crippen LogP contribution in [0.4, 0.5) is 14.5 Å². The highest BCUT2D eigenvalue weighted by Crippen LogP contribution is 2.34. The van der Waals surface area contributed by atoms with Gasteiger partial charge in [-0.2, -0.15) is 0 Å². The van der Waals surface area contributed by atoms with Crippen LogP contribution >= 0.6 is 0 Å². The van der Waals surface area contributed by atoms with E-state index in [2.05, 4.69) is 4.99 Å². The Morgan fingerprint density at radius 1 is 1.40 bits per heavy atom. The van der Waals surface area contributed by atoms with Crippen LogP contribution in [0.1, 0.15) is 31.4 Å². The normalized spacial score (nSPS) is 15.1. The number of fused-ring (bicyclic) bond motifs is 1. The molecule has 0 fully saturated rings. The predicted molar refractivity (Wildman–Crippen MR) is 57.1 cm³/mol. The first kappa shape index (κ1) is 10.3. The van der Waals surface area contributed by atoms with Crippen molar-refractivity contribution in [2.24, 2.45) is 4.99 Å². The van der Waals surface area contributed by atoms with Crippen molar-refractivity contribution in [3.05, 3.63) is 29.3 Å². The second-order valence-corrected chi connectivity index (χ2v) is 3.94. The first-order chi connectivity index (χ1) is 7.00. The van der Waals surface area contributed by atoms with Crippen molar-refractivity contribution in [2.75, 3.05) is 0 Å². The molecule has 0 saturated carbocycles. The third-order valence-corrected chi connectivity index (χ3v) is 2.67. The van der Waals surface area contributed by atoms with Crippen LogP contribution in [0.25, 0.3) is 0 Å². The lowest BCUT2D eigenvalue weighted by Gasteiger charge is -2.11. The zero-order valence-electron chi connectivity index (χ0n) is 8.85. The minimum absolute atomic E-state index is 0.0438. The Balaban J connectivity index is 2.40. The van der Waals surface area contributed by atoms with Crippen LogP contribution in [0.15, 0.2) is 23.2 Å². The molecular weight excluding hydrogens is 196 g/mol. The van der Waals surface area contributed by atoms with Gasteiger partial charge in [0.05, 0.1) is 5.69 Å². The highest BCUT2D eigenvalue weighted by molar-refractivity contribution is 5.93. The third kappa shape index (κ3) is 1.91. The second kappa shape index (κ2) is 3.40. The van der Waals surface area contributed by atoms with Crippen LogP contribution in [0.2, 0.25) is 0 Å². The van der Waals surface area contributed by atoms with Gasteiger partial charge in [-0.05, 0) is 18.1 Å². The number of benzene rings is 1. The number of nitrogens with zero attached hydrogens (tertiary/aromatic N) is 1. The molecule has 0 saturated heterocycles. The van der Waals surface area contributed by atoms with Crippen molar-refractivity contribution in [1.82, 2.24) is 0 Å². The van der Waals surface area contributed by atoms with E-state index >= 15 is 0 Å². The standard InChI is InChI=1S/C12H13F2N/c1-3-10-6-8-4-5-9(12(2,13)14)7-11(8)15-10/h4-5,7H,3,6H2,1-2H3. The molecule has 1 aliphatic heterocycles. The third-order valence-electron chi connectivity index (χ3n) is 2.67. The number of rotatable bonds is 2. The van der Waals surface area contributed by atoms with E-state index < -0.39 is 5.92 Å². The molecule has 0 spiro atoms. The second-order valence-electron chi connectivity index (χ2n) is 3.94. The smallest absolute Gasteiger partial charge is 0.257 e. The summed E-state index contributed by atoms with van der Waals surface area (Å²) < 4.78 is 26.1. The van der Waals surface area contributed by atoms with E-state index in [4.69, 9.17) is 0 Å². The van der Waals surface area contributed by atoms with Gasteiger partial charge in [-0.25, -0.2) is 8.78 Å². The summed E-state index contributed by atoms with van der Waals surface area (Å²) in [6.07, 6.45) is 1.69. The summed E-state index contributed by atoms with van der Waals surface area (Å²) in [5.74, 6) is -2.78. The average Bonchev–Trinajstić information content (AvgIpc) is 2.57. The van der Waals surface area contributed by atoms with E-state index in [-0.39, 0.29) is 5.56 Å². The van der Waals surface area contributed by atoms with Crippen molar-refractivity contribution >= 4 is 11.4 Å². The maximum Gasteiger partial charge on any atom is 0.270 e. The quantitative estimate of drug-likeness (QED) is 0.701. The fraction of sp³-hybridized carbons (Fsp3) is 0.417. The Labute approximate surface area is 87.8 Å². The minimum atomic E-state index is -2.78. The van der Waals surface area contributed by atoms with Gasteiger partial charge in [0.1, 0.15) is 0 Å². The molecule has 0 unspecified atom stereocenters. The fourth-order valence-electron chi connectivity index (χ4n) is 1.72. The molecule has 1 heterocycles. The molecule has 0 amide bonds. The van der Waals surface area contributed by atoms with Crippen molar-refractivity contribution in [3.8, 4) is 0 Å². The van der Waals surface area contributed by atoms with Crippen LogP contribution in [0.5, 0.6) is 0 Å². The minimum Gasteiger partial charge on any atom is -0.257 e. The maximum atomic E-state index is 13.1. The van der Waals surface area contributed by atoms with Crippen molar-refractivity contribution < 1.29 is 8.78 Å². The lowest BCUT2D eigenvalue weighted by molar-refractivity contribution is 0.0175. The van der Waals surface area contributed by atoms with E-state index in [0.717, 1.165) is 31.0 Å². The molecule has 0 bridgehead atoms. The lowest BCUT2D eigenvalue weighted by Crippen LogP contribution is -2.06. The molecule has 2 rings (SSSR count). The molecule has 80 valence electrons. The summed E-state index contributed by atoms with van der Waals surface area (Å²) in [6.45, 7) is 2.94. The lowest BCUT2D eigenvalue weighted by atomic mass is 10.0. The number of aliphatic imine (C=N–C) groups is 1. The SMILES string of the molecule is CCC1=Nc2cc(C(C)(F)F)ccc2C1. The Hall–Kier alpha value is -1.25. The predicted octanol–water partition coefficient (Wildman–Crippen LogP) is 3.84. The zero-order chi connectivity index (χ0) is 11.1. The van der Waals surface area contributed by atoms with E-state index in [9.17, 15) is 8.78 Å². The van der Waals surface area contributed by atoms with Gasteiger partial charge in [-0.15, -0.1) is 0 Å². The van der Waals surface area contributed by atoms with E-state index in [1.807, 2.05) is 6.92 Å². The van der Waals surface area contributed by atoms with Gasteiger partial charge in [0, 0.05) is 24.6 Å². The summed E-state index contributed by atoms with van der Waals surface area (Å²) in [5.41, 5.74) is 2.88. The molecule has 1 aromatic rings. The molecule has 0 aliphatic carbocycles. The number of alkyl halides is 2. The molecule has 1 nitrogen and oxygen atoms in total. The molecule has 0 aromatic heterocycles. The summed E-state index contributed by atoms with van der Waals surface area (Å²) in [7, 11) is 0. The Morgan fingerprint density at radius 2 is 2.13 bits per heavy atom. The zero-order valence-corrected chi connectivity index (χ0v) is 8.85. The number of halogens is 2. The molecular formula is C12H13F2N. The van der Waals surface area contributed by atoms with Gasteiger partial charge in [0.25, 0.3) is 5.92 Å². The largest absolute Gasteiger partial charge is 0.270 e. The van der Waals surface area contributed by atoms with Gasteiger partial charge >= 0.3 is 0 Å². The van der Waals surface area contributed by atoms with Gasteiger partial charge in [-0.3, -0.25) is 4.99 Å². The van der Waals surface area contributed by atoms with Crippen LogP contribution < -0.4 is 0 Å². The molecule has 0 N–H and O–H groups in total. The highest BCUT2D eigenvalue weighted by Gasteiger charge is 2.26. The van der Waals surface area contributed by atoms with Crippen LogP contribution in [-0.4, -0.2) is 5.71 Å². The van der Waals surface area contributed by atoms with Crippen molar-refractivity contribution in [1.29, 1.82) is 0 Å². The first-order valence-electron chi connectivity index (χ1n) is 5.08. The van der Waals surface area contributed by atoms with Gasteiger partial charge in [0.2, 0.25) is 0 Å². The van der Waals surface area contributed by atoms with Crippen LogP contribution in [0, 0.1) is 0 Å². The van der Waals surface area contributed by atoms with Crippen molar-refractivity contribution in [3.63, 3.8) is 0 Å². The summed E-state index contributed by atoms with van der Waals surface area (Å²) >= 11 is 0. The topological polar surface area (TPSA) is 12.4 Å². The van der Waals surface area contributed by atoms with Crippen molar-refractivity contribution in [2.45, 2.75) is 32.6 Å². The summed E-state index contributed by atoms with van der Waals surface area (Å²) in [5, 5.41) is 0. The Bertz CT molecular complexity index is 416. The molecule has 1 aromatic carbocycles. The molecule has 1 aliphatic rings. The Morgan fingerprint density at radius 3 is 2.73 bits per heavy atom. The molecule has 0 atom stereocenters. The summed E-state index contributed by atoms with van der Waals surface area (Å²) in [6, 6.07) is 4.75. The Kier molecular flexibility index (Phi) is 2.33. The first-order valence-corrected chi connectivity index (χ1v) is 5.08. The van der Waals surface area contributed by atoms with Crippen LogP contribution in [-0.2, 0) is 12.3 Å². The monoisotopic (exact) mass is 209 g/mol. The average molecular weight is 209 g/mol.